The molecule has 0 aliphatic heterocycles. The first-order valence-electron chi connectivity index (χ1n) is 3.71. The smallest absolute Gasteiger partial charge is 0.155 e. The fourth-order valence-corrected chi connectivity index (χ4v) is 1.67. The van der Waals surface area contributed by atoms with E-state index in [9.17, 15) is 8.42 Å². The van der Waals surface area contributed by atoms with Gasteiger partial charge in [0.25, 0.3) is 0 Å². The lowest BCUT2D eigenvalue weighted by Crippen LogP contribution is -2.06. The molecule has 0 saturated heterocycles. The van der Waals surface area contributed by atoms with Crippen LogP contribution in [0.5, 0.6) is 0 Å². The number of aryl methyl sites for hydroxylation is 1. The Hall–Kier alpha value is -0.840. The molecule has 0 aromatic carbocycles. The summed E-state index contributed by atoms with van der Waals surface area (Å²) in [5, 5.41) is 0. The van der Waals surface area contributed by atoms with Crippen LogP contribution in [0.15, 0.2) is 12.5 Å². The van der Waals surface area contributed by atoms with Crippen LogP contribution >= 0.6 is 0 Å². The lowest BCUT2D eigenvalue weighted by Gasteiger charge is -1.95. The average molecular weight is 188 g/mol. The van der Waals surface area contributed by atoms with Crippen molar-refractivity contribution in [1.29, 1.82) is 0 Å². The molecule has 1 heterocycles. The Kier molecular flexibility index (Phi) is 2.52. The van der Waals surface area contributed by atoms with Crippen molar-refractivity contribution >= 4 is 9.84 Å². The molecular formula is C7H12N2O2S. The van der Waals surface area contributed by atoms with Crippen LogP contribution in [-0.2, 0) is 22.6 Å². The number of nitrogens with zero attached hydrogens (tertiary/aromatic N) is 2. The van der Waals surface area contributed by atoms with Crippen molar-refractivity contribution in [3.05, 3.63) is 18.2 Å². The van der Waals surface area contributed by atoms with Crippen LogP contribution in [0.4, 0.5) is 0 Å². The van der Waals surface area contributed by atoms with Gasteiger partial charge in [-0.1, -0.05) is 6.92 Å². The molecule has 1 rings (SSSR count). The van der Waals surface area contributed by atoms with E-state index in [1.807, 2.05) is 7.05 Å². The Morgan fingerprint density at radius 2 is 2.25 bits per heavy atom. The summed E-state index contributed by atoms with van der Waals surface area (Å²) in [6.07, 6.45) is 3.31. The van der Waals surface area contributed by atoms with E-state index in [4.69, 9.17) is 0 Å². The molecule has 0 amide bonds. The lowest BCUT2D eigenvalue weighted by molar-refractivity contribution is 0.596. The molecule has 0 aliphatic carbocycles. The predicted octanol–water partition coefficient (Wildman–Crippen LogP) is 0.355. The molecule has 0 atom stereocenters. The van der Waals surface area contributed by atoms with Gasteiger partial charge >= 0.3 is 0 Å². The van der Waals surface area contributed by atoms with Crippen LogP contribution in [-0.4, -0.2) is 23.7 Å². The summed E-state index contributed by atoms with van der Waals surface area (Å²) >= 11 is 0. The van der Waals surface area contributed by atoms with Gasteiger partial charge in [-0.2, -0.15) is 0 Å². The van der Waals surface area contributed by atoms with Gasteiger partial charge in [0.15, 0.2) is 9.84 Å². The molecule has 12 heavy (non-hydrogen) atoms. The third-order valence-electron chi connectivity index (χ3n) is 1.57. The summed E-state index contributed by atoms with van der Waals surface area (Å²) in [5.41, 5.74) is 0.611. The second-order valence-electron chi connectivity index (χ2n) is 2.71. The Morgan fingerprint density at radius 1 is 1.58 bits per heavy atom. The van der Waals surface area contributed by atoms with Crippen LogP contribution in [0.1, 0.15) is 12.6 Å². The molecule has 0 unspecified atom stereocenters. The maximum absolute atomic E-state index is 11.1. The zero-order valence-electron chi connectivity index (χ0n) is 7.19. The highest BCUT2D eigenvalue weighted by molar-refractivity contribution is 7.90. The maximum Gasteiger partial charge on any atom is 0.155 e. The molecule has 5 heteroatoms. The summed E-state index contributed by atoms with van der Waals surface area (Å²) in [4.78, 5) is 3.93. The van der Waals surface area contributed by atoms with Crippen molar-refractivity contribution in [3.63, 3.8) is 0 Å². The van der Waals surface area contributed by atoms with E-state index in [0.29, 0.717) is 5.69 Å². The van der Waals surface area contributed by atoms with Gasteiger partial charge in [-0.3, -0.25) is 0 Å². The van der Waals surface area contributed by atoms with Crippen molar-refractivity contribution in [3.8, 4) is 0 Å². The summed E-state index contributed by atoms with van der Waals surface area (Å²) in [7, 11) is -1.12. The molecule has 4 nitrogen and oxygen atoms in total. The van der Waals surface area contributed by atoms with E-state index in [-0.39, 0.29) is 11.5 Å². The fourth-order valence-electron chi connectivity index (χ4n) is 0.869. The molecule has 0 aliphatic rings. The highest BCUT2D eigenvalue weighted by Crippen LogP contribution is 2.02. The van der Waals surface area contributed by atoms with Crippen molar-refractivity contribution < 1.29 is 8.42 Å². The normalized spacial score (nSPS) is 11.8. The third-order valence-corrected chi connectivity index (χ3v) is 3.18. The summed E-state index contributed by atoms with van der Waals surface area (Å²) in [6.45, 7) is 1.64. The third kappa shape index (κ3) is 2.34. The van der Waals surface area contributed by atoms with Gasteiger partial charge in [0, 0.05) is 19.0 Å². The fraction of sp³-hybridized carbons (Fsp3) is 0.571. The topological polar surface area (TPSA) is 52.0 Å². The SMILES string of the molecule is CCS(=O)(=O)Cc1cn(C)cn1. The predicted molar refractivity (Wildman–Crippen MR) is 46.4 cm³/mol. The van der Waals surface area contributed by atoms with E-state index in [1.165, 1.54) is 0 Å². The highest BCUT2D eigenvalue weighted by Gasteiger charge is 2.10. The van der Waals surface area contributed by atoms with E-state index in [0.717, 1.165) is 0 Å². The van der Waals surface area contributed by atoms with Crippen LogP contribution < -0.4 is 0 Å². The van der Waals surface area contributed by atoms with Crippen molar-refractivity contribution in [2.24, 2.45) is 7.05 Å². The van der Waals surface area contributed by atoms with Crippen LogP contribution in [0.3, 0.4) is 0 Å². The molecule has 0 bridgehead atoms. The molecule has 1 aromatic heterocycles. The van der Waals surface area contributed by atoms with Crippen LogP contribution in [0.25, 0.3) is 0 Å². The molecular weight excluding hydrogens is 176 g/mol. The molecule has 0 fully saturated rings. The molecule has 0 saturated carbocycles. The number of rotatable bonds is 3. The Morgan fingerprint density at radius 3 is 2.67 bits per heavy atom. The minimum absolute atomic E-state index is 0.0460. The standard InChI is InChI=1S/C7H12N2O2S/c1-3-12(10,11)5-7-4-9(2)6-8-7/h4,6H,3,5H2,1-2H3. The average Bonchev–Trinajstić information content (AvgIpc) is 2.35. The van der Waals surface area contributed by atoms with Crippen molar-refractivity contribution in [2.75, 3.05) is 5.75 Å². The van der Waals surface area contributed by atoms with Crippen molar-refractivity contribution in [2.45, 2.75) is 12.7 Å². The zero-order valence-corrected chi connectivity index (χ0v) is 8.00. The molecule has 0 N–H and O–H groups in total. The first-order chi connectivity index (χ1) is 5.53. The largest absolute Gasteiger partial charge is 0.340 e. The van der Waals surface area contributed by atoms with Gasteiger partial charge in [-0.25, -0.2) is 13.4 Å². The summed E-state index contributed by atoms with van der Waals surface area (Å²) in [5.74, 6) is 0.216. The number of hydrogen-bond donors (Lipinski definition) is 0. The summed E-state index contributed by atoms with van der Waals surface area (Å²) in [6, 6.07) is 0. The monoisotopic (exact) mass is 188 g/mol. The highest BCUT2D eigenvalue weighted by atomic mass is 32.2. The first-order valence-corrected chi connectivity index (χ1v) is 5.53. The van der Waals surface area contributed by atoms with Crippen LogP contribution in [0, 0.1) is 0 Å². The van der Waals surface area contributed by atoms with Gasteiger partial charge < -0.3 is 4.57 Å². The lowest BCUT2D eigenvalue weighted by atomic mass is 10.6. The van der Waals surface area contributed by atoms with E-state index in [2.05, 4.69) is 4.98 Å². The number of hydrogen-bond acceptors (Lipinski definition) is 3. The number of imidazole rings is 1. The Labute approximate surface area is 72.2 Å². The zero-order chi connectivity index (χ0) is 9.19. The Bertz CT molecular complexity index is 353. The second-order valence-corrected chi connectivity index (χ2v) is 5.06. The van der Waals surface area contributed by atoms with Gasteiger partial charge in [-0.15, -0.1) is 0 Å². The summed E-state index contributed by atoms with van der Waals surface area (Å²) < 4.78 is 24.0. The van der Waals surface area contributed by atoms with Crippen molar-refractivity contribution in [1.82, 2.24) is 9.55 Å². The van der Waals surface area contributed by atoms with E-state index >= 15 is 0 Å². The molecule has 68 valence electrons. The minimum atomic E-state index is -2.94. The minimum Gasteiger partial charge on any atom is -0.340 e. The number of aromatic nitrogens is 2. The molecule has 1 aromatic rings. The van der Waals surface area contributed by atoms with Gasteiger partial charge in [-0.05, 0) is 0 Å². The van der Waals surface area contributed by atoms with Crippen LogP contribution in [0.2, 0.25) is 0 Å². The second kappa shape index (κ2) is 3.26. The van der Waals surface area contributed by atoms with Gasteiger partial charge in [0.1, 0.15) is 0 Å². The maximum atomic E-state index is 11.1. The quantitative estimate of drug-likeness (QED) is 0.688. The molecule has 0 radical (unpaired) electrons. The van der Waals surface area contributed by atoms with Gasteiger partial charge in [0.2, 0.25) is 0 Å². The van der Waals surface area contributed by atoms with Gasteiger partial charge in [0.05, 0.1) is 17.8 Å². The molecule has 0 spiro atoms. The Balaban J connectivity index is 2.77. The first kappa shape index (κ1) is 9.25. The number of sulfone groups is 1. The van der Waals surface area contributed by atoms with E-state index in [1.54, 1.807) is 24.0 Å². The van der Waals surface area contributed by atoms with E-state index < -0.39 is 9.84 Å².